The Kier molecular flexibility index (Phi) is 7.37. The fourth-order valence-electron chi connectivity index (χ4n) is 1.75. The van der Waals surface area contributed by atoms with Crippen molar-refractivity contribution in [2.45, 2.75) is 19.9 Å². The van der Waals surface area contributed by atoms with Crippen molar-refractivity contribution in [3.63, 3.8) is 0 Å². The number of carbonyl (C=O) groups is 2. The third-order valence-electron chi connectivity index (χ3n) is 3.00. The Morgan fingerprint density at radius 2 is 1.67 bits per heavy atom. The zero-order valence-electron chi connectivity index (χ0n) is 11.6. The topological polar surface area (TPSA) is 72.9 Å². The Bertz CT molecular complexity index is 291. The van der Waals surface area contributed by atoms with Crippen molar-refractivity contribution < 1.29 is 14.7 Å². The van der Waals surface area contributed by atoms with Crippen LogP contribution in [0.4, 0.5) is 4.79 Å². The van der Waals surface area contributed by atoms with Gasteiger partial charge in [-0.25, -0.2) is 9.59 Å². The maximum Gasteiger partial charge on any atom is 0.326 e. The number of hydrogen-bond acceptors (Lipinski definition) is 3. The number of carbonyl (C=O) groups excluding carboxylic acids is 1. The molecule has 0 aliphatic carbocycles. The summed E-state index contributed by atoms with van der Waals surface area (Å²) in [7, 11) is 2.00. The first-order valence-electron chi connectivity index (χ1n) is 5.88. The molecular formula is C11H21LiN3O3. The van der Waals surface area contributed by atoms with Gasteiger partial charge < -0.3 is 20.2 Å². The van der Waals surface area contributed by atoms with Gasteiger partial charge in [-0.05, 0) is 13.0 Å². The summed E-state index contributed by atoms with van der Waals surface area (Å²) in [6.07, 6.45) is 0. The van der Waals surface area contributed by atoms with Crippen LogP contribution in [0.5, 0.6) is 0 Å². The van der Waals surface area contributed by atoms with E-state index >= 15 is 0 Å². The van der Waals surface area contributed by atoms with Gasteiger partial charge in [-0.1, -0.05) is 13.8 Å². The average molecular weight is 250 g/mol. The van der Waals surface area contributed by atoms with Crippen LogP contribution in [0.1, 0.15) is 13.8 Å². The van der Waals surface area contributed by atoms with Crippen LogP contribution in [0, 0.1) is 5.92 Å². The van der Waals surface area contributed by atoms with E-state index in [1.807, 2.05) is 7.05 Å². The van der Waals surface area contributed by atoms with Gasteiger partial charge in [0.15, 0.2) is 0 Å². The third kappa shape index (κ3) is 4.89. The van der Waals surface area contributed by atoms with Gasteiger partial charge >= 0.3 is 12.0 Å². The van der Waals surface area contributed by atoms with E-state index in [2.05, 4.69) is 10.2 Å². The molecule has 99 valence electrons. The molecule has 1 fully saturated rings. The number of piperazine rings is 1. The van der Waals surface area contributed by atoms with E-state index in [-0.39, 0.29) is 30.8 Å². The summed E-state index contributed by atoms with van der Waals surface area (Å²) in [5, 5.41) is 11.6. The van der Waals surface area contributed by atoms with Crippen molar-refractivity contribution in [1.29, 1.82) is 0 Å². The van der Waals surface area contributed by atoms with E-state index in [1.54, 1.807) is 18.7 Å². The molecule has 1 saturated heterocycles. The van der Waals surface area contributed by atoms with Crippen molar-refractivity contribution in [2.24, 2.45) is 5.92 Å². The van der Waals surface area contributed by atoms with Crippen LogP contribution < -0.4 is 5.32 Å². The monoisotopic (exact) mass is 250 g/mol. The first-order chi connectivity index (χ1) is 7.91. The van der Waals surface area contributed by atoms with Crippen molar-refractivity contribution in [3.8, 4) is 0 Å². The quantitative estimate of drug-likeness (QED) is 0.673. The van der Waals surface area contributed by atoms with Crippen LogP contribution in [0.25, 0.3) is 0 Å². The van der Waals surface area contributed by atoms with E-state index in [9.17, 15) is 9.59 Å². The molecule has 2 N–H and O–H groups in total. The van der Waals surface area contributed by atoms with Crippen molar-refractivity contribution in [2.75, 3.05) is 33.2 Å². The molecule has 1 aliphatic heterocycles. The predicted molar refractivity (Wildman–Crippen MR) is 69.6 cm³/mol. The molecule has 7 heteroatoms. The fraction of sp³-hybridized carbons (Fsp3) is 0.818. The van der Waals surface area contributed by atoms with E-state index in [0.717, 1.165) is 13.1 Å². The Hall–Kier alpha value is -0.703. The molecule has 0 aromatic heterocycles. The fourth-order valence-corrected chi connectivity index (χ4v) is 1.75. The molecule has 0 bridgehead atoms. The molecule has 18 heavy (non-hydrogen) atoms. The van der Waals surface area contributed by atoms with Gasteiger partial charge in [-0.2, -0.15) is 0 Å². The Labute approximate surface area is 120 Å². The maximum atomic E-state index is 11.9. The Balaban J connectivity index is 0.00000289. The number of nitrogens with zero attached hydrogens (tertiary/aromatic N) is 2. The number of urea groups is 1. The molecule has 0 spiro atoms. The van der Waals surface area contributed by atoms with Crippen LogP contribution >= 0.6 is 0 Å². The number of aliphatic carboxylic acids is 1. The number of carboxylic acid groups (broad SMARTS) is 1. The standard InChI is InChI=1S/C11H21N3O3.Li/c1-8(2)9(10(15)16)12-11(17)14-6-4-13(3)5-7-14;/h8-9H,4-7H2,1-3H3,(H,12,17)(H,15,16);/t9-;/m0./s1. The molecular weight excluding hydrogens is 229 g/mol. The summed E-state index contributed by atoms with van der Waals surface area (Å²) in [6.45, 7) is 6.51. The second-order valence-corrected chi connectivity index (χ2v) is 4.80. The van der Waals surface area contributed by atoms with Gasteiger partial charge in [0, 0.05) is 45.0 Å². The van der Waals surface area contributed by atoms with Crippen LogP contribution in [0.3, 0.4) is 0 Å². The number of rotatable bonds is 3. The van der Waals surface area contributed by atoms with Crippen molar-refractivity contribution in [1.82, 2.24) is 15.1 Å². The second-order valence-electron chi connectivity index (χ2n) is 4.80. The number of hydrogen-bond donors (Lipinski definition) is 2. The molecule has 1 atom stereocenters. The number of likely N-dealkylation sites (N-methyl/N-ethyl adjacent to an activating group) is 1. The molecule has 0 aromatic carbocycles. The van der Waals surface area contributed by atoms with Crippen LogP contribution in [-0.2, 0) is 4.79 Å². The molecule has 0 aromatic rings. The van der Waals surface area contributed by atoms with E-state index in [1.165, 1.54) is 0 Å². The van der Waals surface area contributed by atoms with Crippen LogP contribution in [0.2, 0.25) is 0 Å². The first-order valence-corrected chi connectivity index (χ1v) is 5.88. The van der Waals surface area contributed by atoms with E-state index in [0.29, 0.717) is 13.1 Å². The van der Waals surface area contributed by atoms with Gasteiger partial charge in [0.05, 0.1) is 0 Å². The largest absolute Gasteiger partial charge is 0.480 e. The van der Waals surface area contributed by atoms with E-state index in [4.69, 9.17) is 5.11 Å². The van der Waals surface area contributed by atoms with Gasteiger partial charge in [0.1, 0.15) is 6.04 Å². The first kappa shape index (κ1) is 17.3. The molecule has 0 unspecified atom stereocenters. The molecule has 1 heterocycles. The van der Waals surface area contributed by atoms with E-state index < -0.39 is 12.0 Å². The molecule has 6 nitrogen and oxygen atoms in total. The maximum absolute atomic E-state index is 11.9. The summed E-state index contributed by atoms with van der Waals surface area (Å²) < 4.78 is 0. The smallest absolute Gasteiger partial charge is 0.326 e. The normalized spacial score (nSPS) is 18.1. The average Bonchev–Trinajstić information content (AvgIpc) is 2.25. The molecule has 2 amide bonds. The molecule has 0 saturated carbocycles. The summed E-state index contributed by atoms with van der Waals surface area (Å²) in [6, 6.07) is -1.10. The third-order valence-corrected chi connectivity index (χ3v) is 3.00. The number of amides is 2. The minimum atomic E-state index is -0.984. The number of carboxylic acids is 1. The summed E-state index contributed by atoms with van der Waals surface area (Å²) in [5.74, 6) is -1.11. The second kappa shape index (κ2) is 7.67. The van der Waals surface area contributed by atoms with Crippen molar-refractivity contribution in [3.05, 3.63) is 0 Å². The van der Waals surface area contributed by atoms with Gasteiger partial charge in [0.2, 0.25) is 0 Å². The SMILES string of the molecule is CC(C)[C@H](NC(=O)N1CCN(C)CC1)C(=O)O.[Li]. The summed E-state index contributed by atoms with van der Waals surface area (Å²) >= 11 is 0. The van der Waals surface area contributed by atoms with Gasteiger partial charge in [-0.15, -0.1) is 0 Å². The zero-order chi connectivity index (χ0) is 13.0. The molecule has 1 aliphatic rings. The van der Waals surface area contributed by atoms with Crippen LogP contribution in [-0.4, -0.2) is 85.0 Å². The minimum absolute atomic E-state index is 0. The Morgan fingerprint density at radius 1 is 1.17 bits per heavy atom. The molecule has 1 radical (unpaired) electrons. The summed E-state index contributed by atoms with van der Waals surface area (Å²) in [5.41, 5.74) is 0. The number of nitrogens with one attached hydrogen (secondary N) is 1. The predicted octanol–water partition coefficient (Wildman–Crippen LogP) is -0.328. The molecule has 1 rings (SSSR count). The van der Waals surface area contributed by atoms with Gasteiger partial charge in [-0.3, -0.25) is 0 Å². The zero-order valence-corrected chi connectivity index (χ0v) is 11.6. The Morgan fingerprint density at radius 3 is 2.06 bits per heavy atom. The van der Waals surface area contributed by atoms with Crippen LogP contribution in [0.15, 0.2) is 0 Å². The van der Waals surface area contributed by atoms with Crippen molar-refractivity contribution >= 4 is 30.9 Å². The minimum Gasteiger partial charge on any atom is -0.480 e. The van der Waals surface area contributed by atoms with Gasteiger partial charge in [0.25, 0.3) is 0 Å². The summed E-state index contributed by atoms with van der Waals surface area (Å²) in [4.78, 5) is 26.6.